The summed E-state index contributed by atoms with van der Waals surface area (Å²) in [6.07, 6.45) is 2.62. The van der Waals surface area contributed by atoms with Crippen LogP contribution in [0.5, 0.6) is 5.75 Å². The number of nitrogens with one attached hydrogen (secondary N) is 1. The van der Waals surface area contributed by atoms with Crippen LogP contribution in [0.1, 0.15) is 36.5 Å². The van der Waals surface area contributed by atoms with Gasteiger partial charge in [-0.15, -0.1) is 0 Å². The van der Waals surface area contributed by atoms with E-state index < -0.39 is 0 Å². The summed E-state index contributed by atoms with van der Waals surface area (Å²) in [6.45, 7) is 9.22. The van der Waals surface area contributed by atoms with Gasteiger partial charge in [0.15, 0.2) is 0 Å². The molecule has 0 spiro atoms. The Labute approximate surface area is 174 Å². The Morgan fingerprint density at radius 2 is 1.86 bits per heavy atom. The third-order valence-corrected chi connectivity index (χ3v) is 6.10. The van der Waals surface area contributed by atoms with Gasteiger partial charge < -0.3 is 10.1 Å². The summed E-state index contributed by atoms with van der Waals surface area (Å²) in [6, 6.07) is 22.1. The largest absolute Gasteiger partial charge is 0.489 e. The van der Waals surface area contributed by atoms with E-state index in [4.69, 9.17) is 4.74 Å². The molecule has 0 unspecified atom stereocenters. The van der Waals surface area contributed by atoms with E-state index in [1.54, 1.807) is 0 Å². The van der Waals surface area contributed by atoms with Crippen LogP contribution >= 0.6 is 0 Å². The highest BCUT2D eigenvalue weighted by molar-refractivity contribution is 5.87. The van der Waals surface area contributed by atoms with Crippen molar-refractivity contribution in [2.24, 2.45) is 0 Å². The highest BCUT2D eigenvalue weighted by atomic mass is 16.5. The average Bonchev–Trinajstić information content (AvgIpc) is 3.21. The lowest BCUT2D eigenvalue weighted by Crippen LogP contribution is -2.37. The Hall–Kier alpha value is -2.36. The molecule has 3 nitrogen and oxygen atoms in total. The lowest BCUT2D eigenvalue weighted by molar-refractivity contribution is 0.259. The van der Waals surface area contributed by atoms with Gasteiger partial charge in [0.05, 0.1) is 0 Å². The number of likely N-dealkylation sites (N-methyl/N-ethyl adjacent to an activating group) is 1. The second-order valence-corrected chi connectivity index (χ2v) is 8.09. The smallest absolute Gasteiger partial charge is 0.124 e. The van der Waals surface area contributed by atoms with Crippen molar-refractivity contribution in [3.63, 3.8) is 0 Å². The van der Waals surface area contributed by atoms with Gasteiger partial charge in [0.2, 0.25) is 0 Å². The Morgan fingerprint density at radius 1 is 1.03 bits per heavy atom. The second-order valence-electron chi connectivity index (χ2n) is 8.09. The van der Waals surface area contributed by atoms with Gasteiger partial charge >= 0.3 is 0 Å². The summed E-state index contributed by atoms with van der Waals surface area (Å²) in [5.41, 5.74) is 3.74. The van der Waals surface area contributed by atoms with E-state index in [2.05, 4.69) is 84.7 Å². The number of likely N-dealkylation sites (tertiary alicyclic amines) is 1. The monoisotopic (exact) mass is 388 g/mol. The lowest BCUT2D eigenvalue weighted by Gasteiger charge is -2.23. The standard InChI is InChI=1S/C26H32N2O/c1-3-28-16-6-8-23(28)17-27-18-25-24-9-5-4-7-22(24)14-15-26(25)29-19-21-12-10-20(2)11-13-21/h4-5,7,9-15,23,27H,3,6,8,16-19H2,1-2H3/t23-/m0/s1. The van der Waals surface area contributed by atoms with Crippen LogP contribution in [0.2, 0.25) is 0 Å². The van der Waals surface area contributed by atoms with Gasteiger partial charge in [-0.3, -0.25) is 4.90 Å². The van der Waals surface area contributed by atoms with Gasteiger partial charge in [-0.2, -0.15) is 0 Å². The van der Waals surface area contributed by atoms with Gasteiger partial charge in [-0.05, 0) is 55.3 Å². The number of fused-ring (bicyclic) bond motifs is 1. The molecule has 0 radical (unpaired) electrons. The van der Waals surface area contributed by atoms with E-state index in [-0.39, 0.29) is 0 Å². The minimum atomic E-state index is 0.595. The molecular weight excluding hydrogens is 356 g/mol. The normalized spacial score (nSPS) is 17.1. The first-order valence-electron chi connectivity index (χ1n) is 10.9. The molecule has 3 aromatic carbocycles. The topological polar surface area (TPSA) is 24.5 Å². The summed E-state index contributed by atoms with van der Waals surface area (Å²) >= 11 is 0. The molecule has 3 aromatic rings. The molecule has 1 saturated heterocycles. The van der Waals surface area contributed by atoms with Crippen LogP contribution in [0.3, 0.4) is 0 Å². The first-order chi connectivity index (χ1) is 14.2. The van der Waals surface area contributed by atoms with Crippen LogP contribution in [0.15, 0.2) is 60.7 Å². The van der Waals surface area contributed by atoms with Crippen molar-refractivity contribution in [3.05, 3.63) is 77.4 Å². The average molecular weight is 389 g/mol. The summed E-state index contributed by atoms with van der Waals surface area (Å²) in [4.78, 5) is 2.59. The molecule has 152 valence electrons. The lowest BCUT2D eigenvalue weighted by atomic mass is 10.0. The van der Waals surface area contributed by atoms with Gasteiger partial charge in [-0.1, -0.05) is 67.1 Å². The zero-order valence-electron chi connectivity index (χ0n) is 17.7. The molecule has 1 N–H and O–H groups in total. The Kier molecular flexibility index (Phi) is 6.48. The van der Waals surface area contributed by atoms with E-state index in [9.17, 15) is 0 Å². The first kappa shape index (κ1) is 19.9. The minimum absolute atomic E-state index is 0.595. The molecule has 1 aliphatic heterocycles. The predicted molar refractivity (Wildman–Crippen MR) is 121 cm³/mol. The van der Waals surface area contributed by atoms with Gasteiger partial charge in [0.1, 0.15) is 12.4 Å². The van der Waals surface area contributed by atoms with Gasteiger partial charge in [0, 0.05) is 24.7 Å². The quantitative estimate of drug-likeness (QED) is 0.567. The highest BCUT2D eigenvalue weighted by Crippen LogP contribution is 2.29. The molecule has 1 aliphatic rings. The fraction of sp³-hybridized carbons (Fsp3) is 0.385. The summed E-state index contributed by atoms with van der Waals surface area (Å²) in [7, 11) is 0. The molecular formula is C26H32N2O. The van der Waals surface area contributed by atoms with Crippen LogP contribution in [0, 0.1) is 6.92 Å². The number of hydrogen-bond donors (Lipinski definition) is 1. The maximum absolute atomic E-state index is 6.29. The molecule has 1 fully saturated rings. The number of hydrogen-bond acceptors (Lipinski definition) is 3. The van der Waals surface area contributed by atoms with E-state index in [1.165, 1.54) is 46.8 Å². The third-order valence-electron chi connectivity index (χ3n) is 6.10. The van der Waals surface area contributed by atoms with Crippen molar-refractivity contribution >= 4 is 10.8 Å². The zero-order chi connectivity index (χ0) is 20.1. The van der Waals surface area contributed by atoms with E-state index in [0.29, 0.717) is 12.6 Å². The van der Waals surface area contributed by atoms with Crippen LogP contribution in [-0.2, 0) is 13.2 Å². The molecule has 4 rings (SSSR count). The molecule has 0 saturated carbocycles. The fourth-order valence-corrected chi connectivity index (χ4v) is 4.39. The fourth-order valence-electron chi connectivity index (χ4n) is 4.39. The molecule has 0 aromatic heterocycles. The number of rotatable bonds is 8. The molecule has 0 amide bonds. The third kappa shape index (κ3) is 4.80. The number of nitrogens with zero attached hydrogens (tertiary/aromatic N) is 1. The second kappa shape index (κ2) is 9.43. The van der Waals surface area contributed by atoms with Crippen LogP contribution in [0.4, 0.5) is 0 Å². The summed E-state index contributed by atoms with van der Waals surface area (Å²) in [5, 5.41) is 6.27. The molecule has 1 atom stereocenters. The van der Waals surface area contributed by atoms with Crippen LogP contribution < -0.4 is 10.1 Å². The van der Waals surface area contributed by atoms with Gasteiger partial charge in [0.25, 0.3) is 0 Å². The van der Waals surface area contributed by atoms with Crippen molar-refractivity contribution < 1.29 is 4.74 Å². The maximum atomic E-state index is 6.29. The van der Waals surface area contributed by atoms with Crippen LogP contribution in [0.25, 0.3) is 10.8 Å². The van der Waals surface area contributed by atoms with Crippen molar-refractivity contribution in [2.45, 2.75) is 45.9 Å². The zero-order valence-corrected chi connectivity index (χ0v) is 17.7. The Bertz CT molecular complexity index is 935. The molecule has 1 heterocycles. The number of aryl methyl sites for hydroxylation is 1. The molecule has 0 aliphatic carbocycles. The number of benzene rings is 3. The minimum Gasteiger partial charge on any atom is -0.489 e. The summed E-state index contributed by atoms with van der Waals surface area (Å²) < 4.78 is 6.29. The van der Waals surface area contributed by atoms with Crippen molar-refractivity contribution in [1.82, 2.24) is 10.2 Å². The number of ether oxygens (including phenoxy) is 1. The Balaban J connectivity index is 1.50. The van der Waals surface area contributed by atoms with Crippen molar-refractivity contribution in [3.8, 4) is 5.75 Å². The highest BCUT2D eigenvalue weighted by Gasteiger charge is 2.22. The molecule has 0 bridgehead atoms. The predicted octanol–water partition coefficient (Wildman–Crippen LogP) is 5.30. The van der Waals surface area contributed by atoms with Crippen LogP contribution in [-0.4, -0.2) is 30.6 Å². The molecule has 29 heavy (non-hydrogen) atoms. The molecule has 3 heteroatoms. The van der Waals surface area contributed by atoms with Gasteiger partial charge in [-0.25, -0.2) is 0 Å². The van der Waals surface area contributed by atoms with E-state index in [1.807, 2.05) is 0 Å². The Morgan fingerprint density at radius 3 is 2.69 bits per heavy atom. The first-order valence-corrected chi connectivity index (χ1v) is 10.9. The van der Waals surface area contributed by atoms with Crippen molar-refractivity contribution in [2.75, 3.05) is 19.6 Å². The summed E-state index contributed by atoms with van der Waals surface area (Å²) in [5.74, 6) is 0.982. The van der Waals surface area contributed by atoms with E-state index >= 15 is 0 Å². The van der Waals surface area contributed by atoms with Crippen molar-refractivity contribution in [1.29, 1.82) is 0 Å². The van der Waals surface area contributed by atoms with E-state index in [0.717, 1.165) is 25.4 Å². The maximum Gasteiger partial charge on any atom is 0.124 e. The SMILES string of the molecule is CCN1CCC[C@H]1CNCc1c(OCc2ccc(C)cc2)ccc2ccccc12.